The number of aromatic nitrogens is 1. The number of nitrogens with zero attached hydrogens (tertiary/aromatic N) is 3. The topological polar surface area (TPSA) is 74.7 Å². The fourth-order valence-corrected chi connectivity index (χ4v) is 2.94. The summed E-state index contributed by atoms with van der Waals surface area (Å²) in [5.74, 6) is 0.109. The van der Waals surface area contributed by atoms with E-state index in [1.807, 2.05) is 24.3 Å². The maximum absolute atomic E-state index is 9.01. The summed E-state index contributed by atoms with van der Waals surface area (Å²) in [5, 5.41) is 13.2. The second kappa shape index (κ2) is 5.00. The van der Waals surface area contributed by atoms with E-state index < -0.39 is 0 Å². The number of hydrogen-bond donors (Lipinski definition) is 2. The first-order valence-corrected chi connectivity index (χ1v) is 6.84. The van der Waals surface area contributed by atoms with Crippen LogP contribution in [0.2, 0.25) is 0 Å². The average molecular weight is 270 g/mol. The molecule has 0 spiro atoms. The summed E-state index contributed by atoms with van der Waals surface area (Å²) < 4.78 is 0. The Morgan fingerprint density at radius 3 is 2.95 bits per heavy atom. The van der Waals surface area contributed by atoms with Crippen LogP contribution < -0.4 is 10.6 Å². The molecule has 3 rings (SSSR count). The highest BCUT2D eigenvalue weighted by Crippen LogP contribution is 2.34. The molecule has 104 valence electrons. The monoisotopic (exact) mass is 270 g/mol. The Labute approximate surface area is 117 Å². The van der Waals surface area contributed by atoms with Gasteiger partial charge in [-0.3, -0.25) is 4.98 Å². The molecular formula is C15H18N4O. The number of amidine groups is 1. The van der Waals surface area contributed by atoms with E-state index in [0.29, 0.717) is 11.6 Å². The Kier molecular flexibility index (Phi) is 3.18. The maximum Gasteiger partial charge on any atom is 0.173 e. The predicted octanol–water partition coefficient (Wildman–Crippen LogP) is 2.32. The second-order valence-electron chi connectivity index (χ2n) is 5.21. The normalized spacial score (nSPS) is 19.8. The summed E-state index contributed by atoms with van der Waals surface area (Å²) in [4.78, 5) is 6.74. The largest absolute Gasteiger partial charge is 0.409 e. The van der Waals surface area contributed by atoms with Gasteiger partial charge in [-0.2, -0.15) is 0 Å². The third-order valence-corrected chi connectivity index (χ3v) is 3.97. The number of pyridine rings is 1. The number of nitrogens with two attached hydrogens (primary N) is 1. The number of benzene rings is 1. The van der Waals surface area contributed by atoms with Crippen LogP contribution in [0.4, 0.5) is 5.69 Å². The molecule has 0 bridgehead atoms. The van der Waals surface area contributed by atoms with E-state index in [0.717, 1.165) is 36.0 Å². The van der Waals surface area contributed by atoms with Crippen LogP contribution >= 0.6 is 0 Å². The van der Waals surface area contributed by atoms with Crippen molar-refractivity contribution in [3.63, 3.8) is 0 Å². The molecule has 1 atom stereocenters. The van der Waals surface area contributed by atoms with Crippen LogP contribution in [0, 0.1) is 0 Å². The Balaban J connectivity index is 2.28. The molecule has 0 aliphatic carbocycles. The highest BCUT2D eigenvalue weighted by atomic mass is 16.4. The van der Waals surface area contributed by atoms with Gasteiger partial charge in [0.2, 0.25) is 0 Å². The Bertz CT molecular complexity index is 668. The van der Waals surface area contributed by atoms with Crippen molar-refractivity contribution in [3.8, 4) is 0 Å². The lowest BCUT2D eigenvalue weighted by atomic mass is 10.1. The molecule has 1 aromatic heterocycles. The molecule has 1 saturated heterocycles. The van der Waals surface area contributed by atoms with Gasteiger partial charge in [-0.15, -0.1) is 0 Å². The molecule has 3 N–H and O–H groups in total. The number of hydrogen-bond acceptors (Lipinski definition) is 4. The summed E-state index contributed by atoms with van der Waals surface area (Å²) in [6, 6.07) is 8.43. The summed E-state index contributed by atoms with van der Waals surface area (Å²) in [6.45, 7) is 3.19. The van der Waals surface area contributed by atoms with Gasteiger partial charge in [0.25, 0.3) is 0 Å². The minimum absolute atomic E-state index is 0.109. The van der Waals surface area contributed by atoms with Crippen molar-refractivity contribution in [2.24, 2.45) is 10.9 Å². The molecule has 20 heavy (non-hydrogen) atoms. The first-order valence-electron chi connectivity index (χ1n) is 6.84. The molecule has 1 fully saturated rings. The minimum Gasteiger partial charge on any atom is -0.409 e. The first kappa shape index (κ1) is 12.7. The van der Waals surface area contributed by atoms with Gasteiger partial charge in [0.1, 0.15) is 0 Å². The molecule has 2 heterocycles. The van der Waals surface area contributed by atoms with Crippen molar-refractivity contribution < 1.29 is 5.21 Å². The van der Waals surface area contributed by atoms with Gasteiger partial charge in [0.15, 0.2) is 5.84 Å². The summed E-state index contributed by atoms with van der Waals surface area (Å²) in [6.07, 6.45) is 4.01. The highest BCUT2D eigenvalue weighted by molar-refractivity contribution is 6.08. The third-order valence-electron chi connectivity index (χ3n) is 3.97. The van der Waals surface area contributed by atoms with Crippen molar-refractivity contribution in [3.05, 3.63) is 36.0 Å². The Hall–Kier alpha value is -2.30. The zero-order valence-corrected chi connectivity index (χ0v) is 11.5. The van der Waals surface area contributed by atoms with Gasteiger partial charge >= 0.3 is 0 Å². The van der Waals surface area contributed by atoms with Crippen LogP contribution in [0.15, 0.2) is 35.6 Å². The standard InChI is InChI=1S/C15H18N4O/c1-10-5-4-8-19(10)14-11-6-2-3-7-13(11)17-9-12(14)15(16)18-20/h2-3,6-7,9-10,20H,4-5,8H2,1H3,(H2,16,18). The van der Waals surface area contributed by atoms with Crippen LogP contribution in [0.5, 0.6) is 0 Å². The van der Waals surface area contributed by atoms with Crippen molar-refractivity contribution in [1.82, 2.24) is 4.98 Å². The molecule has 1 aliphatic rings. The zero-order chi connectivity index (χ0) is 14.1. The number of oxime groups is 1. The summed E-state index contributed by atoms with van der Waals surface area (Å²) in [5.41, 5.74) is 8.48. The minimum atomic E-state index is 0.109. The maximum atomic E-state index is 9.01. The lowest BCUT2D eigenvalue weighted by Gasteiger charge is -2.27. The predicted molar refractivity (Wildman–Crippen MR) is 80.3 cm³/mol. The zero-order valence-electron chi connectivity index (χ0n) is 11.5. The fourth-order valence-electron chi connectivity index (χ4n) is 2.94. The van der Waals surface area contributed by atoms with Gasteiger partial charge in [0, 0.05) is 24.2 Å². The first-order chi connectivity index (χ1) is 9.72. The SMILES string of the molecule is CC1CCCN1c1c(/C(N)=N/O)cnc2ccccc12. The van der Waals surface area contributed by atoms with Gasteiger partial charge in [-0.1, -0.05) is 23.4 Å². The van der Waals surface area contributed by atoms with Crippen LogP contribution in [0.3, 0.4) is 0 Å². The van der Waals surface area contributed by atoms with Gasteiger partial charge in [0.05, 0.1) is 16.8 Å². The quantitative estimate of drug-likeness (QED) is 0.380. The van der Waals surface area contributed by atoms with Crippen molar-refractivity contribution in [1.29, 1.82) is 0 Å². The molecule has 1 aliphatic heterocycles. The van der Waals surface area contributed by atoms with E-state index in [2.05, 4.69) is 22.0 Å². The van der Waals surface area contributed by atoms with Crippen LogP contribution in [-0.4, -0.2) is 28.6 Å². The number of para-hydroxylation sites is 1. The van der Waals surface area contributed by atoms with E-state index in [-0.39, 0.29) is 5.84 Å². The highest BCUT2D eigenvalue weighted by Gasteiger charge is 2.26. The molecule has 1 aromatic carbocycles. The summed E-state index contributed by atoms with van der Waals surface area (Å²) >= 11 is 0. The number of anilines is 1. The van der Waals surface area contributed by atoms with Gasteiger partial charge in [-0.05, 0) is 25.8 Å². The van der Waals surface area contributed by atoms with Crippen LogP contribution in [0.25, 0.3) is 10.9 Å². The second-order valence-corrected chi connectivity index (χ2v) is 5.21. The molecular weight excluding hydrogens is 252 g/mol. The molecule has 0 radical (unpaired) electrons. The van der Waals surface area contributed by atoms with Gasteiger partial charge < -0.3 is 15.8 Å². The lowest BCUT2D eigenvalue weighted by Crippen LogP contribution is -2.29. The molecule has 1 unspecified atom stereocenters. The van der Waals surface area contributed by atoms with Crippen molar-refractivity contribution in [2.45, 2.75) is 25.8 Å². The van der Waals surface area contributed by atoms with Crippen LogP contribution in [-0.2, 0) is 0 Å². The van der Waals surface area contributed by atoms with E-state index in [9.17, 15) is 0 Å². The number of fused-ring (bicyclic) bond motifs is 1. The average Bonchev–Trinajstić information content (AvgIpc) is 2.91. The van der Waals surface area contributed by atoms with E-state index in [1.165, 1.54) is 0 Å². The lowest BCUT2D eigenvalue weighted by molar-refractivity contribution is 0.318. The van der Waals surface area contributed by atoms with Crippen LogP contribution in [0.1, 0.15) is 25.3 Å². The van der Waals surface area contributed by atoms with Crippen molar-refractivity contribution >= 4 is 22.4 Å². The Morgan fingerprint density at radius 2 is 2.25 bits per heavy atom. The third kappa shape index (κ3) is 1.95. The molecule has 2 aromatic rings. The van der Waals surface area contributed by atoms with E-state index >= 15 is 0 Å². The Morgan fingerprint density at radius 1 is 1.45 bits per heavy atom. The molecule has 5 nitrogen and oxygen atoms in total. The number of rotatable bonds is 2. The summed E-state index contributed by atoms with van der Waals surface area (Å²) in [7, 11) is 0. The molecule has 0 saturated carbocycles. The van der Waals surface area contributed by atoms with Crippen molar-refractivity contribution in [2.75, 3.05) is 11.4 Å². The van der Waals surface area contributed by atoms with Gasteiger partial charge in [-0.25, -0.2) is 0 Å². The van der Waals surface area contributed by atoms with E-state index in [1.54, 1.807) is 6.20 Å². The smallest absolute Gasteiger partial charge is 0.173 e. The fraction of sp³-hybridized carbons (Fsp3) is 0.333. The molecule has 0 amide bonds. The van der Waals surface area contributed by atoms with E-state index in [4.69, 9.17) is 10.9 Å². The molecule has 5 heteroatoms.